The summed E-state index contributed by atoms with van der Waals surface area (Å²) in [4.78, 5) is 0. The van der Waals surface area contributed by atoms with Gasteiger partial charge in [0, 0.05) is 5.02 Å². The van der Waals surface area contributed by atoms with E-state index in [1.807, 2.05) is 12.1 Å². The fourth-order valence-corrected chi connectivity index (χ4v) is 2.13. The standard InChI is InChI=1S/C11H10ClN/c12-11-3-1-2-9-5-4-8(7-13)6-10(9)11/h1-3,8H,4-6H2. The maximum absolute atomic E-state index is 8.81. The van der Waals surface area contributed by atoms with E-state index < -0.39 is 0 Å². The molecule has 0 spiro atoms. The molecule has 0 N–H and O–H groups in total. The molecule has 1 nitrogen and oxygen atoms in total. The molecule has 1 atom stereocenters. The van der Waals surface area contributed by atoms with Crippen molar-refractivity contribution in [3.8, 4) is 6.07 Å². The topological polar surface area (TPSA) is 23.8 Å². The molecule has 0 saturated heterocycles. The molecule has 13 heavy (non-hydrogen) atoms. The van der Waals surface area contributed by atoms with E-state index in [1.165, 1.54) is 11.1 Å². The summed E-state index contributed by atoms with van der Waals surface area (Å²) in [6.45, 7) is 0. The third kappa shape index (κ3) is 1.55. The molecule has 0 bridgehead atoms. The molecule has 2 heteroatoms. The first kappa shape index (κ1) is 8.59. The van der Waals surface area contributed by atoms with Crippen LogP contribution in [0.25, 0.3) is 0 Å². The summed E-state index contributed by atoms with van der Waals surface area (Å²) in [6.07, 6.45) is 2.80. The van der Waals surface area contributed by atoms with E-state index in [0.29, 0.717) is 0 Å². The van der Waals surface area contributed by atoms with E-state index in [1.54, 1.807) is 0 Å². The normalized spacial score (nSPS) is 20.5. The first-order valence-electron chi connectivity index (χ1n) is 4.47. The molecule has 2 rings (SSSR count). The Labute approximate surface area is 82.9 Å². The molecule has 0 amide bonds. The van der Waals surface area contributed by atoms with E-state index >= 15 is 0 Å². The minimum Gasteiger partial charge on any atom is -0.198 e. The van der Waals surface area contributed by atoms with Crippen LogP contribution < -0.4 is 0 Å². The third-order valence-corrected chi connectivity index (χ3v) is 2.97. The van der Waals surface area contributed by atoms with E-state index in [9.17, 15) is 0 Å². The number of nitrogens with zero attached hydrogens (tertiary/aromatic N) is 1. The summed E-state index contributed by atoms with van der Waals surface area (Å²) >= 11 is 6.06. The highest BCUT2D eigenvalue weighted by atomic mass is 35.5. The molecule has 0 radical (unpaired) electrons. The third-order valence-electron chi connectivity index (χ3n) is 2.61. The smallest absolute Gasteiger partial charge is 0.0659 e. The predicted molar refractivity (Wildman–Crippen MR) is 52.6 cm³/mol. The van der Waals surface area contributed by atoms with Gasteiger partial charge in [-0.3, -0.25) is 0 Å². The van der Waals surface area contributed by atoms with Crippen LogP contribution in [0, 0.1) is 17.2 Å². The summed E-state index contributed by atoms with van der Waals surface area (Å²) in [5, 5.41) is 9.63. The van der Waals surface area contributed by atoms with Gasteiger partial charge in [-0.1, -0.05) is 23.7 Å². The molecule has 0 saturated carbocycles. The van der Waals surface area contributed by atoms with Gasteiger partial charge in [0.25, 0.3) is 0 Å². The monoisotopic (exact) mass is 191 g/mol. The molecule has 1 aliphatic carbocycles. The molecule has 66 valence electrons. The highest BCUT2D eigenvalue weighted by molar-refractivity contribution is 6.31. The van der Waals surface area contributed by atoms with Crippen LogP contribution in [-0.4, -0.2) is 0 Å². The second-order valence-electron chi connectivity index (χ2n) is 3.45. The minimum absolute atomic E-state index is 0.160. The van der Waals surface area contributed by atoms with Gasteiger partial charge >= 0.3 is 0 Å². The van der Waals surface area contributed by atoms with E-state index in [0.717, 1.165) is 24.3 Å². The van der Waals surface area contributed by atoms with Gasteiger partial charge in [0.2, 0.25) is 0 Å². The molecular formula is C11H10ClN. The highest BCUT2D eigenvalue weighted by Crippen LogP contribution is 2.30. The first-order chi connectivity index (χ1) is 6.31. The average Bonchev–Trinajstić information content (AvgIpc) is 2.18. The van der Waals surface area contributed by atoms with Crippen molar-refractivity contribution in [1.82, 2.24) is 0 Å². The molecular weight excluding hydrogens is 182 g/mol. The molecule has 1 aromatic carbocycles. The van der Waals surface area contributed by atoms with Crippen LogP contribution in [0.5, 0.6) is 0 Å². The molecule has 1 aromatic rings. The molecule has 1 aliphatic rings. The van der Waals surface area contributed by atoms with Gasteiger partial charge in [-0.2, -0.15) is 5.26 Å². The lowest BCUT2D eigenvalue weighted by atomic mass is 9.85. The SMILES string of the molecule is N#CC1CCc2cccc(Cl)c2C1. The van der Waals surface area contributed by atoms with Crippen molar-refractivity contribution < 1.29 is 0 Å². The van der Waals surface area contributed by atoms with Gasteiger partial charge in [-0.05, 0) is 36.5 Å². The van der Waals surface area contributed by atoms with Gasteiger partial charge in [0.1, 0.15) is 0 Å². The van der Waals surface area contributed by atoms with Gasteiger partial charge in [-0.15, -0.1) is 0 Å². The van der Waals surface area contributed by atoms with Crippen LogP contribution in [-0.2, 0) is 12.8 Å². The maximum atomic E-state index is 8.81. The van der Waals surface area contributed by atoms with Gasteiger partial charge in [0.05, 0.1) is 12.0 Å². The van der Waals surface area contributed by atoms with Crippen molar-refractivity contribution in [2.45, 2.75) is 19.3 Å². The number of aryl methyl sites for hydroxylation is 1. The van der Waals surface area contributed by atoms with Crippen LogP contribution in [0.1, 0.15) is 17.5 Å². The summed E-state index contributed by atoms with van der Waals surface area (Å²) in [6, 6.07) is 8.30. The Morgan fingerprint density at radius 3 is 3.08 bits per heavy atom. The van der Waals surface area contributed by atoms with Crippen LogP contribution in [0.4, 0.5) is 0 Å². The van der Waals surface area contributed by atoms with Crippen LogP contribution in [0.2, 0.25) is 5.02 Å². The first-order valence-corrected chi connectivity index (χ1v) is 4.85. The Morgan fingerprint density at radius 2 is 2.31 bits per heavy atom. The van der Waals surface area contributed by atoms with Gasteiger partial charge < -0.3 is 0 Å². The largest absolute Gasteiger partial charge is 0.198 e. The number of halogens is 1. The lowest BCUT2D eigenvalue weighted by Crippen LogP contribution is -2.12. The summed E-state index contributed by atoms with van der Waals surface area (Å²) in [5.41, 5.74) is 2.50. The van der Waals surface area contributed by atoms with Crippen molar-refractivity contribution in [3.05, 3.63) is 34.3 Å². The van der Waals surface area contributed by atoms with Crippen LogP contribution in [0.3, 0.4) is 0 Å². The average molecular weight is 192 g/mol. The van der Waals surface area contributed by atoms with Crippen molar-refractivity contribution in [2.24, 2.45) is 5.92 Å². The quantitative estimate of drug-likeness (QED) is 0.619. The lowest BCUT2D eigenvalue weighted by molar-refractivity contribution is 0.565. The molecule has 0 aromatic heterocycles. The molecule has 0 heterocycles. The van der Waals surface area contributed by atoms with E-state index in [2.05, 4.69) is 12.1 Å². The molecule has 1 unspecified atom stereocenters. The number of rotatable bonds is 0. The predicted octanol–water partition coefficient (Wildman–Crippen LogP) is 2.97. The van der Waals surface area contributed by atoms with Gasteiger partial charge in [-0.25, -0.2) is 0 Å². The molecule has 0 fully saturated rings. The zero-order chi connectivity index (χ0) is 9.26. The van der Waals surface area contributed by atoms with Crippen molar-refractivity contribution in [3.63, 3.8) is 0 Å². The molecule has 0 aliphatic heterocycles. The van der Waals surface area contributed by atoms with Crippen molar-refractivity contribution in [2.75, 3.05) is 0 Å². The summed E-state index contributed by atoms with van der Waals surface area (Å²) in [5.74, 6) is 0.160. The Morgan fingerprint density at radius 1 is 1.46 bits per heavy atom. The number of hydrogen-bond acceptors (Lipinski definition) is 1. The highest BCUT2D eigenvalue weighted by Gasteiger charge is 2.19. The van der Waals surface area contributed by atoms with E-state index in [-0.39, 0.29) is 5.92 Å². The fraction of sp³-hybridized carbons (Fsp3) is 0.364. The van der Waals surface area contributed by atoms with E-state index in [4.69, 9.17) is 16.9 Å². The lowest BCUT2D eigenvalue weighted by Gasteiger charge is -2.20. The van der Waals surface area contributed by atoms with Gasteiger partial charge in [0.15, 0.2) is 0 Å². The number of hydrogen-bond donors (Lipinski definition) is 0. The second-order valence-corrected chi connectivity index (χ2v) is 3.85. The Kier molecular flexibility index (Phi) is 2.24. The Bertz CT molecular complexity index is 365. The second kappa shape index (κ2) is 3.40. The van der Waals surface area contributed by atoms with Crippen LogP contribution >= 0.6 is 11.6 Å². The van der Waals surface area contributed by atoms with Crippen molar-refractivity contribution >= 4 is 11.6 Å². The fourth-order valence-electron chi connectivity index (χ4n) is 1.85. The zero-order valence-corrected chi connectivity index (χ0v) is 8.01. The number of nitriles is 1. The minimum atomic E-state index is 0.160. The maximum Gasteiger partial charge on any atom is 0.0659 e. The Hall–Kier alpha value is -1.00. The van der Waals surface area contributed by atoms with Crippen LogP contribution in [0.15, 0.2) is 18.2 Å². The summed E-state index contributed by atoms with van der Waals surface area (Å²) in [7, 11) is 0. The zero-order valence-electron chi connectivity index (χ0n) is 7.26. The summed E-state index contributed by atoms with van der Waals surface area (Å²) < 4.78 is 0. The number of fused-ring (bicyclic) bond motifs is 1. The Balaban J connectivity index is 2.39. The van der Waals surface area contributed by atoms with Crippen molar-refractivity contribution in [1.29, 1.82) is 5.26 Å². The number of benzene rings is 1.